The highest BCUT2D eigenvalue weighted by Crippen LogP contribution is 2.24. The monoisotopic (exact) mass is 351 g/mol. The van der Waals surface area contributed by atoms with Gasteiger partial charge >= 0.3 is 0 Å². The van der Waals surface area contributed by atoms with E-state index < -0.39 is 0 Å². The number of halogens is 1. The van der Waals surface area contributed by atoms with Crippen molar-refractivity contribution in [3.05, 3.63) is 71.0 Å². The first-order chi connectivity index (χ1) is 12.6. The van der Waals surface area contributed by atoms with Gasteiger partial charge in [0.15, 0.2) is 0 Å². The van der Waals surface area contributed by atoms with Gasteiger partial charge in [0.25, 0.3) is 0 Å². The van der Waals surface area contributed by atoms with E-state index in [4.69, 9.17) is 0 Å². The van der Waals surface area contributed by atoms with E-state index >= 15 is 0 Å². The molecule has 2 aromatic carbocycles. The number of hydrogen-bond donors (Lipinski definition) is 0. The number of benzene rings is 2. The molecule has 0 saturated carbocycles. The Morgan fingerprint density at radius 2 is 1.77 bits per heavy atom. The van der Waals surface area contributed by atoms with E-state index in [1.165, 1.54) is 12.1 Å². The van der Waals surface area contributed by atoms with Crippen molar-refractivity contribution in [2.45, 2.75) is 19.4 Å². The van der Waals surface area contributed by atoms with Crippen LogP contribution in [0.3, 0.4) is 0 Å². The fraction of sp³-hybridized carbons (Fsp3) is 0.333. The zero-order valence-corrected chi connectivity index (χ0v) is 14.9. The maximum atomic E-state index is 13.0. The first-order valence-electron chi connectivity index (χ1n) is 8.80. The number of aryl methyl sites for hydroxylation is 1. The zero-order chi connectivity index (χ0) is 18.5. The number of nitriles is 1. The van der Waals surface area contributed by atoms with Crippen LogP contribution in [0, 0.1) is 24.1 Å². The second-order valence-corrected chi connectivity index (χ2v) is 6.61. The molecule has 0 bridgehead atoms. The molecule has 26 heavy (non-hydrogen) atoms. The largest absolute Gasteiger partial charge is 0.340 e. The quantitative estimate of drug-likeness (QED) is 0.850. The van der Waals surface area contributed by atoms with Gasteiger partial charge < -0.3 is 4.90 Å². The average Bonchev–Trinajstić information content (AvgIpc) is 2.66. The smallest absolute Gasteiger partial charge is 0.227 e. The van der Waals surface area contributed by atoms with Crippen molar-refractivity contribution in [2.75, 3.05) is 26.2 Å². The van der Waals surface area contributed by atoms with Crippen molar-refractivity contribution in [3.63, 3.8) is 0 Å². The van der Waals surface area contributed by atoms with Crippen LogP contribution in [0.5, 0.6) is 0 Å². The summed E-state index contributed by atoms with van der Waals surface area (Å²) in [6.07, 6.45) is 0.278. The highest BCUT2D eigenvalue weighted by atomic mass is 19.1. The van der Waals surface area contributed by atoms with Gasteiger partial charge in [0, 0.05) is 26.2 Å². The van der Waals surface area contributed by atoms with E-state index in [0.717, 1.165) is 16.7 Å². The minimum Gasteiger partial charge on any atom is -0.340 e. The lowest BCUT2D eigenvalue weighted by molar-refractivity contribution is -0.132. The molecular formula is C21H22FN3O. The number of carbonyl (C=O) groups excluding carboxylic acids is 1. The molecule has 1 heterocycles. The zero-order valence-electron chi connectivity index (χ0n) is 14.9. The van der Waals surface area contributed by atoms with Gasteiger partial charge in [0.1, 0.15) is 11.9 Å². The van der Waals surface area contributed by atoms with Crippen molar-refractivity contribution in [2.24, 2.45) is 0 Å². The van der Waals surface area contributed by atoms with Gasteiger partial charge in [-0.3, -0.25) is 9.69 Å². The Balaban J connectivity index is 1.59. The summed E-state index contributed by atoms with van der Waals surface area (Å²) in [5.41, 5.74) is 2.95. The Morgan fingerprint density at radius 1 is 1.12 bits per heavy atom. The number of hydrogen-bond acceptors (Lipinski definition) is 3. The van der Waals surface area contributed by atoms with Gasteiger partial charge in [-0.05, 0) is 35.7 Å². The summed E-state index contributed by atoms with van der Waals surface area (Å²) in [7, 11) is 0. The molecule has 0 aromatic heterocycles. The number of piperazine rings is 1. The third kappa shape index (κ3) is 4.09. The van der Waals surface area contributed by atoms with Crippen molar-refractivity contribution in [1.29, 1.82) is 5.26 Å². The lowest BCUT2D eigenvalue weighted by atomic mass is 10.0. The van der Waals surface area contributed by atoms with Gasteiger partial charge in [-0.2, -0.15) is 5.26 Å². The molecule has 134 valence electrons. The second kappa shape index (κ2) is 8.11. The molecule has 1 unspecified atom stereocenters. The standard InChI is InChI=1S/C21H22FN3O/c1-16-4-2-3-5-19(16)20(15-23)24-10-12-25(13-11-24)21(26)14-17-6-8-18(22)9-7-17/h2-9,20H,10-14H2,1H3. The van der Waals surface area contributed by atoms with Gasteiger partial charge in [0.2, 0.25) is 5.91 Å². The van der Waals surface area contributed by atoms with Gasteiger partial charge in [-0.15, -0.1) is 0 Å². The van der Waals surface area contributed by atoms with Gasteiger partial charge in [-0.1, -0.05) is 36.4 Å². The molecule has 1 atom stereocenters. The van der Waals surface area contributed by atoms with Gasteiger partial charge in [-0.25, -0.2) is 4.39 Å². The van der Waals surface area contributed by atoms with Crippen molar-refractivity contribution in [1.82, 2.24) is 9.80 Å². The molecule has 1 aliphatic rings. The Labute approximate surface area is 153 Å². The number of amides is 1. The highest BCUT2D eigenvalue weighted by Gasteiger charge is 2.27. The minimum atomic E-state index is -0.298. The molecule has 1 amide bonds. The van der Waals surface area contributed by atoms with Gasteiger partial charge in [0.05, 0.1) is 12.5 Å². The third-order valence-electron chi connectivity index (χ3n) is 4.91. The molecule has 3 rings (SSSR count). The third-order valence-corrected chi connectivity index (χ3v) is 4.91. The molecule has 0 radical (unpaired) electrons. The van der Waals surface area contributed by atoms with Crippen molar-refractivity contribution >= 4 is 5.91 Å². The van der Waals surface area contributed by atoms with E-state index in [0.29, 0.717) is 26.2 Å². The Hall–Kier alpha value is -2.71. The maximum absolute atomic E-state index is 13.0. The summed E-state index contributed by atoms with van der Waals surface area (Å²) in [4.78, 5) is 16.4. The molecule has 4 nitrogen and oxygen atoms in total. The summed E-state index contributed by atoms with van der Waals surface area (Å²) in [5.74, 6) is -0.255. The summed E-state index contributed by atoms with van der Waals surface area (Å²) < 4.78 is 13.0. The Bertz CT molecular complexity index is 805. The topological polar surface area (TPSA) is 47.3 Å². The predicted molar refractivity (Wildman–Crippen MR) is 97.8 cm³/mol. The summed E-state index contributed by atoms with van der Waals surface area (Å²) in [6, 6.07) is 16.1. The van der Waals surface area contributed by atoms with Crippen LogP contribution in [0.25, 0.3) is 0 Å². The van der Waals surface area contributed by atoms with E-state index in [2.05, 4.69) is 11.0 Å². The molecule has 1 saturated heterocycles. The predicted octanol–water partition coefficient (Wildman–Crippen LogP) is 3.09. The minimum absolute atomic E-state index is 0.0423. The normalized spacial score (nSPS) is 16.1. The highest BCUT2D eigenvalue weighted by molar-refractivity contribution is 5.78. The summed E-state index contributed by atoms with van der Waals surface area (Å²) in [5, 5.41) is 9.65. The van der Waals surface area contributed by atoms with Crippen LogP contribution in [0.1, 0.15) is 22.7 Å². The van der Waals surface area contributed by atoms with Crippen LogP contribution in [0.2, 0.25) is 0 Å². The van der Waals surface area contributed by atoms with Crippen LogP contribution in [0.15, 0.2) is 48.5 Å². The fourth-order valence-corrected chi connectivity index (χ4v) is 3.36. The van der Waals surface area contributed by atoms with Crippen LogP contribution in [-0.2, 0) is 11.2 Å². The molecule has 2 aromatic rings. The SMILES string of the molecule is Cc1ccccc1C(C#N)N1CCN(C(=O)Cc2ccc(F)cc2)CC1. The van der Waals surface area contributed by atoms with Crippen LogP contribution >= 0.6 is 0 Å². The number of nitrogens with zero attached hydrogens (tertiary/aromatic N) is 3. The Morgan fingerprint density at radius 3 is 2.38 bits per heavy atom. The Kier molecular flexibility index (Phi) is 5.65. The summed E-state index contributed by atoms with van der Waals surface area (Å²) >= 11 is 0. The maximum Gasteiger partial charge on any atom is 0.227 e. The number of rotatable bonds is 4. The average molecular weight is 351 g/mol. The fourth-order valence-electron chi connectivity index (χ4n) is 3.36. The van der Waals surface area contributed by atoms with E-state index in [9.17, 15) is 14.4 Å². The molecule has 5 heteroatoms. The van der Waals surface area contributed by atoms with Crippen molar-refractivity contribution < 1.29 is 9.18 Å². The van der Waals surface area contributed by atoms with Crippen LogP contribution in [0.4, 0.5) is 4.39 Å². The van der Waals surface area contributed by atoms with Crippen LogP contribution in [-0.4, -0.2) is 41.9 Å². The molecule has 0 N–H and O–H groups in total. The molecule has 0 spiro atoms. The van der Waals surface area contributed by atoms with E-state index in [1.54, 1.807) is 12.1 Å². The molecule has 0 aliphatic carbocycles. The summed E-state index contributed by atoms with van der Waals surface area (Å²) in [6.45, 7) is 4.56. The second-order valence-electron chi connectivity index (χ2n) is 6.61. The first kappa shape index (κ1) is 18.1. The lowest BCUT2D eigenvalue weighted by Gasteiger charge is -2.37. The molecule has 1 fully saturated rings. The lowest BCUT2D eigenvalue weighted by Crippen LogP contribution is -2.50. The van der Waals surface area contributed by atoms with E-state index in [-0.39, 0.29) is 24.2 Å². The number of carbonyl (C=O) groups is 1. The van der Waals surface area contributed by atoms with E-state index in [1.807, 2.05) is 36.1 Å². The van der Waals surface area contributed by atoms with Crippen molar-refractivity contribution in [3.8, 4) is 6.07 Å². The van der Waals surface area contributed by atoms with Crippen LogP contribution < -0.4 is 0 Å². The molecule has 1 aliphatic heterocycles. The molecular weight excluding hydrogens is 329 g/mol. The first-order valence-corrected chi connectivity index (χ1v) is 8.80.